The van der Waals surface area contributed by atoms with Gasteiger partial charge in [-0.05, 0) is 49.6 Å². The average molecular weight is 365 g/mol. The Kier molecular flexibility index (Phi) is 4.91. The van der Waals surface area contributed by atoms with Crippen LogP contribution in [0.4, 0.5) is 11.4 Å². The van der Waals surface area contributed by atoms with Crippen LogP contribution in [0, 0.1) is 13.8 Å². The summed E-state index contributed by atoms with van der Waals surface area (Å²) in [6.07, 6.45) is 0. The number of hydrogen-bond acceptors (Lipinski definition) is 4. The molecular formula is C21H27N5O. The van der Waals surface area contributed by atoms with Crippen LogP contribution in [0.25, 0.3) is 11.0 Å². The van der Waals surface area contributed by atoms with Crippen molar-refractivity contribution in [3.8, 4) is 0 Å². The van der Waals surface area contributed by atoms with Gasteiger partial charge in [-0.1, -0.05) is 13.8 Å². The van der Waals surface area contributed by atoms with Gasteiger partial charge in [0.2, 0.25) is 0 Å². The number of hydrogen-bond donors (Lipinski definition) is 1. The number of aryl methyl sites for hydroxylation is 3. The van der Waals surface area contributed by atoms with Crippen LogP contribution in [-0.4, -0.2) is 34.8 Å². The maximum absolute atomic E-state index is 13.1. The molecule has 0 saturated carbocycles. The summed E-state index contributed by atoms with van der Waals surface area (Å²) < 4.78 is 1.74. The number of rotatable bonds is 4. The van der Waals surface area contributed by atoms with Crippen LogP contribution in [0.15, 0.2) is 24.3 Å². The predicted molar refractivity (Wildman–Crippen MR) is 111 cm³/mol. The van der Waals surface area contributed by atoms with E-state index in [1.807, 2.05) is 58.1 Å². The number of fused-ring (bicyclic) bond motifs is 1. The van der Waals surface area contributed by atoms with Gasteiger partial charge in [-0.3, -0.25) is 9.48 Å². The summed E-state index contributed by atoms with van der Waals surface area (Å²) in [6.45, 7) is 8.05. The molecule has 6 heteroatoms. The first-order valence-electron chi connectivity index (χ1n) is 9.12. The molecule has 2 aromatic heterocycles. The average Bonchev–Trinajstić information content (AvgIpc) is 2.89. The van der Waals surface area contributed by atoms with Crippen molar-refractivity contribution in [2.45, 2.75) is 33.6 Å². The van der Waals surface area contributed by atoms with Crippen LogP contribution in [0.2, 0.25) is 0 Å². The van der Waals surface area contributed by atoms with Gasteiger partial charge in [-0.25, -0.2) is 4.98 Å². The first-order valence-corrected chi connectivity index (χ1v) is 9.12. The number of benzene rings is 1. The predicted octanol–water partition coefficient (Wildman–Crippen LogP) is 4.03. The van der Waals surface area contributed by atoms with E-state index in [-0.39, 0.29) is 11.8 Å². The standard InChI is InChI=1S/C21H27N5O/c1-12(2)18-11-16(19-14(4)24-26(7)20(19)22-18)21(27)23-17-9-8-15(25(5)6)10-13(17)3/h8-12H,1-7H3,(H,23,27). The highest BCUT2D eigenvalue weighted by molar-refractivity contribution is 6.13. The van der Waals surface area contributed by atoms with Crippen LogP contribution in [-0.2, 0) is 7.05 Å². The third-order valence-electron chi connectivity index (χ3n) is 4.80. The molecule has 1 N–H and O–H groups in total. The number of nitrogens with one attached hydrogen (secondary N) is 1. The summed E-state index contributed by atoms with van der Waals surface area (Å²) in [5, 5.41) is 8.33. The van der Waals surface area contributed by atoms with Crippen molar-refractivity contribution < 1.29 is 4.79 Å². The number of nitrogens with zero attached hydrogens (tertiary/aromatic N) is 4. The van der Waals surface area contributed by atoms with Crippen LogP contribution in [0.1, 0.15) is 47.1 Å². The molecule has 0 aliphatic rings. The van der Waals surface area contributed by atoms with E-state index >= 15 is 0 Å². The first kappa shape index (κ1) is 18.9. The normalized spacial score (nSPS) is 11.3. The van der Waals surface area contributed by atoms with Crippen molar-refractivity contribution in [2.75, 3.05) is 24.3 Å². The van der Waals surface area contributed by atoms with E-state index in [2.05, 4.69) is 30.3 Å². The fraction of sp³-hybridized carbons (Fsp3) is 0.381. The Morgan fingerprint density at radius 1 is 1.19 bits per heavy atom. The molecule has 0 aliphatic carbocycles. The topological polar surface area (TPSA) is 63.1 Å². The zero-order chi connectivity index (χ0) is 19.9. The second kappa shape index (κ2) is 7.02. The molecule has 3 rings (SSSR count). The second-order valence-corrected chi connectivity index (χ2v) is 7.50. The molecule has 2 heterocycles. The molecule has 0 bridgehead atoms. The highest BCUT2D eigenvalue weighted by Crippen LogP contribution is 2.27. The number of amides is 1. The summed E-state index contributed by atoms with van der Waals surface area (Å²) in [4.78, 5) is 19.9. The maximum Gasteiger partial charge on any atom is 0.256 e. The van der Waals surface area contributed by atoms with E-state index in [1.165, 1.54) is 0 Å². The molecule has 0 atom stereocenters. The van der Waals surface area contributed by atoms with Crippen molar-refractivity contribution in [1.29, 1.82) is 0 Å². The lowest BCUT2D eigenvalue weighted by molar-refractivity contribution is 0.102. The minimum atomic E-state index is -0.138. The van der Waals surface area contributed by atoms with Crippen LogP contribution in [0.3, 0.4) is 0 Å². The Balaban J connectivity index is 2.05. The molecule has 27 heavy (non-hydrogen) atoms. The van der Waals surface area contributed by atoms with Gasteiger partial charge in [-0.2, -0.15) is 5.10 Å². The molecule has 1 amide bonds. The van der Waals surface area contributed by atoms with E-state index < -0.39 is 0 Å². The van der Waals surface area contributed by atoms with Gasteiger partial charge in [0.05, 0.1) is 16.6 Å². The van der Waals surface area contributed by atoms with E-state index in [0.717, 1.165) is 39.4 Å². The zero-order valence-electron chi connectivity index (χ0n) is 17.1. The smallest absolute Gasteiger partial charge is 0.256 e. The highest BCUT2D eigenvalue weighted by atomic mass is 16.1. The number of pyridine rings is 1. The lowest BCUT2D eigenvalue weighted by atomic mass is 10.0. The third-order valence-corrected chi connectivity index (χ3v) is 4.80. The number of anilines is 2. The van der Waals surface area contributed by atoms with E-state index in [4.69, 9.17) is 4.98 Å². The first-order chi connectivity index (χ1) is 12.7. The molecule has 6 nitrogen and oxygen atoms in total. The molecule has 0 spiro atoms. The lowest BCUT2D eigenvalue weighted by Gasteiger charge is -2.16. The number of carbonyl (C=O) groups is 1. The third kappa shape index (κ3) is 3.52. The monoisotopic (exact) mass is 365 g/mol. The number of aromatic nitrogens is 3. The Labute approximate surface area is 160 Å². The van der Waals surface area contributed by atoms with E-state index in [1.54, 1.807) is 4.68 Å². The summed E-state index contributed by atoms with van der Waals surface area (Å²) in [6, 6.07) is 7.90. The molecular weight excluding hydrogens is 338 g/mol. The Morgan fingerprint density at radius 3 is 2.48 bits per heavy atom. The van der Waals surface area contributed by atoms with Crippen LogP contribution < -0.4 is 10.2 Å². The molecule has 0 aliphatic heterocycles. The van der Waals surface area contributed by atoms with Gasteiger partial charge in [0.15, 0.2) is 5.65 Å². The summed E-state index contributed by atoms with van der Waals surface area (Å²) >= 11 is 0. The van der Waals surface area contributed by atoms with Crippen molar-refractivity contribution in [2.24, 2.45) is 7.05 Å². The van der Waals surface area contributed by atoms with E-state index in [9.17, 15) is 4.79 Å². The largest absolute Gasteiger partial charge is 0.378 e. The Bertz CT molecular complexity index is 1020. The lowest BCUT2D eigenvalue weighted by Crippen LogP contribution is -2.15. The summed E-state index contributed by atoms with van der Waals surface area (Å²) in [7, 11) is 5.86. The van der Waals surface area contributed by atoms with Gasteiger partial charge >= 0.3 is 0 Å². The molecule has 1 aromatic carbocycles. The summed E-state index contributed by atoms with van der Waals surface area (Å²) in [5.74, 6) is 0.0818. The second-order valence-electron chi connectivity index (χ2n) is 7.50. The van der Waals surface area contributed by atoms with Gasteiger partial charge in [-0.15, -0.1) is 0 Å². The maximum atomic E-state index is 13.1. The van der Waals surface area contributed by atoms with Crippen molar-refractivity contribution >= 4 is 28.3 Å². The fourth-order valence-electron chi connectivity index (χ4n) is 3.19. The van der Waals surface area contributed by atoms with Crippen molar-refractivity contribution in [1.82, 2.24) is 14.8 Å². The summed E-state index contributed by atoms with van der Waals surface area (Å²) in [5.41, 5.74) is 5.97. The SMILES string of the molecule is Cc1cc(N(C)C)ccc1NC(=O)c1cc(C(C)C)nc2c1c(C)nn2C. The molecule has 0 saturated heterocycles. The quantitative estimate of drug-likeness (QED) is 0.758. The van der Waals surface area contributed by atoms with Gasteiger partial charge in [0, 0.05) is 38.2 Å². The minimum Gasteiger partial charge on any atom is -0.378 e. The van der Waals surface area contributed by atoms with Gasteiger partial charge in [0.25, 0.3) is 5.91 Å². The molecule has 0 fully saturated rings. The van der Waals surface area contributed by atoms with Crippen LogP contribution >= 0.6 is 0 Å². The Hall–Kier alpha value is -2.89. The van der Waals surface area contributed by atoms with E-state index in [0.29, 0.717) is 5.56 Å². The highest BCUT2D eigenvalue weighted by Gasteiger charge is 2.20. The number of carbonyl (C=O) groups excluding carboxylic acids is 1. The fourth-order valence-corrected chi connectivity index (χ4v) is 3.19. The van der Waals surface area contributed by atoms with Gasteiger partial charge < -0.3 is 10.2 Å². The molecule has 3 aromatic rings. The Morgan fingerprint density at radius 2 is 1.89 bits per heavy atom. The molecule has 0 unspecified atom stereocenters. The van der Waals surface area contributed by atoms with Crippen molar-refractivity contribution in [3.05, 3.63) is 46.8 Å². The van der Waals surface area contributed by atoms with Crippen molar-refractivity contribution in [3.63, 3.8) is 0 Å². The van der Waals surface area contributed by atoms with Gasteiger partial charge in [0.1, 0.15) is 0 Å². The minimum absolute atomic E-state index is 0.138. The zero-order valence-corrected chi connectivity index (χ0v) is 17.1. The van der Waals surface area contributed by atoms with Crippen LogP contribution in [0.5, 0.6) is 0 Å². The molecule has 0 radical (unpaired) electrons. The molecule has 142 valence electrons.